The van der Waals surface area contributed by atoms with Crippen molar-refractivity contribution in [2.24, 2.45) is 0 Å². The molecule has 0 bridgehead atoms. The van der Waals surface area contributed by atoms with Gasteiger partial charge in [-0.05, 0) is 54.3 Å². The number of aromatic carboxylic acids is 1. The van der Waals surface area contributed by atoms with E-state index in [1.165, 1.54) is 0 Å². The third-order valence-electron chi connectivity index (χ3n) is 3.27. The van der Waals surface area contributed by atoms with Gasteiger partial charge in [0.25, 0.3) is 0 Å². The maximum atomic E-state index is 11.4. The normalized spacial score (nSPS) is 10.8. The van der Waals surface area contributed by atoms with Gasteiger partial charge < -0.3 is 5.11 Å². The highest BCUT2D eigenvalue weighted by molar-refractivity contribution is 14.1. The molecule has 0 heterocycles. The van der Waals surface area contributed by atoms with Crippen LogP contribution in [0.25, 0.3) is 10.8 Å². The number of aryl methyl sites for hydroxylation is 3. The van der Waals surface area contributed by atoms with Crippen molar-refractivity contribution in [1.29, 1.82) is 0 Å². The van der Waals surface area contributed by atoms with E-state index in [0.29, 0.717) is 8.96 Å². The third kappa shape index (κ3) is 1.94. The number of halogens is 1. The average molecular weight is 356 g/mol. The van der Waals surface area contributed by atoms with E-state index in [0.717, 1.165) is 22.1 Å². The van der Waals surface area contributed by atoms with Crippen molar-refractivity contribution in [1.82, 2.24) is 0 Å². The maximum absolute atomic E-state index is 11.4. The van der Waals surface area contributed by atoms with Crippen LogP contribution >= 0.6 is 21.2 Å². The lowest BCUT2D eigenvalue weighted by Crippen LogP contribution is -2.04. The molecule has 2 rings (SSSR count). The molecule has 0 aliphatic carbocycles. The quantitative estimate of drug-likeness (QED) is 0.829. The van der Waals surface area contributed by atoms with Crippen molar-refractivity contribution in [3.05, 3.63) is 44.0 Å². The number of benzene rings is 2. The van der Waals surface area contributed by atoms with E-state index in [2.05, 4.69) is 0 Å². The van der Waals surface area contributed by atoms with E-state index in [9.17, 15) is 13.0 Å². The Morgan fingerprint density at radius 2 is 1.78 bits per heavy atom. The summed E-state index contributed by atoms with van der Waals surface area (Å²) in [4.78, 5) is 11.4. The summed E-state index contributed by atoms with van der Waals surface area (Å²) in [5.74, 6) is -1.00. The zero-order chi connectivity index (χ0) is 13.4. The van der Waals surface area contributed by atoms with Gasteiger partial charge in [-0.2, -0.15) is 0 Å². The van der Waals surface area contributed by atoms with Gasteiger partial charge in [0.15, 0.2) is 21.2 Å². The predicted molar refractivity (Wildman–Crippen MR) is 78.5 cm³/mol. The van der Waals surface area contributed by atoms with Crippen LogP contribution in [0.5, 0.6) is 0 Å². The molecule has 0 saturated heterocycles. The van der Waals surface area contributed by atoms with E-state index in [-0.39, 0.29) is 5.56 Å². The Kier molecular flexibility index (Phi) is 3.47. The minimum Gasteiger partial charge on any atom is -0.478 e. The minimum atomic E-state index is -1.49. The van der Waals surface area contributed by atoms with Gasteiger partial charge in [-0.15, -0.1) is 0 Å². The second kappa shape index (κ2) is 4.76. The number of carboxylic acids is 1. The molecule has 2 aromatic rings. The third-order valence-corrected chi connectivity index (χ3v) is 5.10. The molecule has 2 aromatic carbocycles. The van der Waals surface area contributed by atoms with Gasteiger partial charge in [0.2, 0.25) is 0 Å². The second-order valence-electron chi connectivity index (χ2n) is 4.37. The van der Waals surface area contributed by atoms with Crippen LogP contribution in [0.15, 0.2) is 18.2 Å². The van der Waals surface area contributed by atoms with Crippen LogP contribution in [0, 0.1) is 24.3 Å². The molecule has 3 nitrogen and oxygen atoms in total. The smallest absolute Gasteiger partial charge is 0.337 e. The van der Waals surface area contributed by atoms with E-state index in [1.807, 2.05) is 39.0 Å². The van der Waals surface area contributed by atoms with Crippen LogP contribution in [0.4, 0.5) is 0 Å². The zero-order valence-corrected chi connectivity index (χ0v) is 12.5. The van der Waals surface area contributed by atoms with Crippen molar-refractivity contribution >= 4 is 37.9 Å². The van der Waals surface area contributed by atoms with Crippen LogP contribution in [0.2, 0.25) is 0 Å². The fourth-order valence-corrected chi connectivity index (χ4v) is 3.39. The lowest BCUT2D eigenvalue weighted by molar-refractivity contribution is 0.0697. The summed E-state index contributed by atoms with van der Waals surface area (Å²) in [5.41, 5.74) is 3.21. The molecule has 0 fully saturated rings. The number of hydrogen-bond donors (Lipinski definition) is 1. The van der Waals surface area contributed by atoms with Crippen molar-refractivity contribution in [3.63, 3.8) is 0 Å². The molecule has 0 spiro atoms. The number of fused-ring (bicyclic) bond motifs is 1. The first-order chi connectivity index (χ1) is 8.47. The van der Waals surface area contributed by atoms with Gasteiger partial charge >= 0.3 is 5.97 Å². The van der Waals surface area contributed by atoms with Gasteiger partial charge in [-0.25, -0.2) is 4.79 Å². The summed E-state index contributed by atoms with van der Waals surface area (Å²) in [6.45, 7) is 5.80. The lowest BCUT2D eigenvalue weighted by atomic mass is 9.95. The van der Waals surface area contributed by atoms with Gasteiger partial charge in [-0.1, -0.05) is 12.1 Å². The van der Waals surface area contributed by atoms with E-state index in [4.69, 9.17) is 0 Å². The molecule has 0 amide bonds. The van der Waals surface area contributed by atoms with Crippen LogP contribution in [-0.2, 0) is 3.07 Å². The largest absolute Gasteiger partial charge is 0.478 e. The van der Waals surface area contributed by atoms with Gasteiger partial charge in [0.1, 0.15) is 0 Å². The number of hydrogen-bond acceptors (Lipinski definition) is 2. The van der Waals surface area contributed by atoms with Crippen molar-refractivity contribution in [2.75, 3.05) is 0 Å². The van der Waals surface area contributed by atoms with E-state index >= 15 is 0 Å². The molecule has 0 aliphatic heterocycles. The molecular formula is C14H13IO3. The molecule has 0 aromatic heterocycles. The molecular weight excluding hydrogens is 343 g/mol. The first-order valence-electron chi connectivity index (χ1n) is 5.51. The topological polar surface area (TPSA) is 54.4 Å². The van der Waals surface area contributed by atoms with Crippen LogP contribution in [0.1, 0.15) is 27.0 Å². The Balaban J connectivity index is 3.05. The van der Waals surface area contributed by atoms with Gasteiger partial charge in [0.05, 0.1) is 9.13 Å². The molecule has 0 radical (unpaired) electrons. The SMILES string of the molecule is Cc1cc2c(C)c(C)ccc2c(C(=O)O)c1I=O. The minimum absolute atomic E-state index is 0.205. The van der Waals surface area contributed by atoms with Crippen LogP contribution < -0.4 is 0 Å². The highest BCUT2D eigenvalue weighted by Crippen LogP contribution is 2.31. The molecule has 0 unspecified atom stereocenters. The maximum Gasteiger partial charge on any atom is 0.337 e. The Morgan fingerprint density at radius 1 is 1.11 bits per heavy atom. The molecule has 1 N–H and O–H groups in total. The Bertz CT molecular complexity index is 675. The summed E-state index contributed by atoms with van der Waals surface area (Å²) in [5, 5.41) is 11.0. The molecule has 0 aliphatic rings. The molecule has 0 saturated carbocycles. The molecule has 94 valence electrons. The number of carbonyl (C=O) groups is 1. The lowest BCUT2D eigenvalue weighted by Gasteiger charge is -2.12. The Morgan fingerprint density at radius 3 is 2.33 bits per heavy atom. The Labute approximate surface area is 115 Å². The van der Waals surface area contributed by atoms with Crippen LogP contribution in [-0.4, -0.2) is 11.1 Å². The fraction of sp³-hybridized carbons (Fsp3) is 0.214. The molecule has 4 heteroatoms. The van der Waals surface area contributed by atoms with E-state index in [1.54, 1.807) is 0 Å². The summed E-state index contributed by atoms with van der Waals surface area (Å²) in [6.07, 6.45) is 0. The summed E-state index contributed by atoms with van der Waals surface area (Å²) in [7, 11) is 0. The molecule has 18 heavy (non-hydrogen) atoms. The second-order valence-corrected chi connectivity index (χ2v) is 5.89. The van der Waals surface area contributed by atoms with Crippen molar-refractivity contribution < 1.29 is 13.0 Å². The van der Waals surface area contributed by atoms with Crippen molar-refractivity contribution in [3.8, 4) is 0 Å². The van der Waals surface area contributed by atoms with E-state index < -0.39 is 27.2 Å². The first kappa shape index (κ1) is 13.1. The van der Waals surface area contributed by atoms with Crippen molar-refractivity contribution in [2.45, 2.75) is 20.8 Å². The zero-order valence-electron chi connectivity index (χ0n) is 10.4. The standard InChI is InChI=1S/C14H13IO3/c1-7-4-5-10-11(9(7)3)6-8(2)13(15-18)12(10)14(16)17/h4-6H,1-3H3,(H,16,17). The van der Waals surface area contributed by atoms with Gasteiger partial charge in [0, 0.05) is 0 Å². The average Bonchev–Trinajstić information content (AvgIpc) is 2.32. The Hall–Kier alpha value is -1.30. The summed E-state index contributed by atoms with van der Waals surface area (Å²) >= 11 is -1.49. The highest BCUT2D eigenvalue weighted by Gasteiger charge is 2.18. The summed E-state index contributed by atoms with van der Waals surface area (Å²) in [6, 6.07) is 5.66. The van der Waals surface area contributed by atoms with Crippen LogP contribution in [0.3, 0.4) is 0 Å². The van der Waals surface area contributed by atoms with Gasteiger partial charge in [-0.3, -0.25) is 3.07 Å². The number of rotatable bonds is 2. The predicted octanol–water partition coefficient (Wildman–Crippen LogP) is 3.95. The summed E-state index contributed by atoms with van der Waals surface area (Å²) < 4.78 is 11.8. The number of carboxylic acid groups (broad SMARTS) is 1. The first-order valence-corrected chi connectivity index (χ1v) is 7.47. The monoisotopic (exact) mass is 356 g/mol. The molecule has 0 atom stereocenters. The highest BCUT2D eigenvalue weighted by atomic mass is 127. The fourth-order valence-electron chi connectivity index (χ4n) is 2.15.